The van der Waals surface area contributed by atoms with E-state index >= 15 is 0 Å². The zero-order chi connectivity index (χ0) is 11.1. The average Bonchev–Trinajstić information content (AvgIpc) is 2.17. The number of hydrogen-bond acceptors (Lipinski definition) is 2. The van der Waals surface area contributed by atoms with Crippen LogP contribution in [-0.4, -0.2) is 17.8 Å². The summed E-state index contributed by atoms with van der Waals surface area (Å²) in [7, 11) is 0. The standard InChI is InChI=1S/C11H13BrFNO/c12-9-3-1-2-8(10(9)13)11(6-14)4-7(15)5-11/h1-3,7,15H,4-6,14H2. The largest absolute Gasteiger partial charge is 0.393 e. The van der Waals surface area contributed by atoms with E-state index in [1.165, 1.54) is 0 Å². The van der Waals surface area contributed by atoms with Gasteiger partial charge >= 0.3 is 0 Å². The smallest absolute Gasteiger partial charge is 0.141 e. The molecule has 1 aromatic rings. The van der Waals surface area contributed by atoms with Gasteiger partial charge in [-0.15, -0.1) is 0 Å². The molecule has 0 heterocycles. The first-order chi connectivity index (χ1) is 7.09. The van der Waals surface area contributed by atoms with E-state index in [0.29, 0.717) is 29.4 Å². The molecule has 1 aromatic carbocycles. The third-order valence-electron chi connectivity index (χ3n) is 3.17. The van der Waals surface area contributed by atoms with Crippen molar-refractivity contribution in [2.45, 2.75) is 24.4 Å². The Morgan fingerprint density at radius 3 is 2.73 bits per heavy atom. The highest BCUT2D eigenvalue weighted by molar-refractivity contribution is 9.10. The van der Waals surface area contributed by atoms with Crippen LogP contribution < -0.4 is 5.73 Å². The molecule has 0 radical (unpaired) electrons. The Kier molecular flexibility index (Phi) is 2.83. The number of halogens is 2. The summed E-state index contributed by atoms with van der Waals surface area (Å²) in [6.07, 6.45) is 0.764. The molecule has 2 nitrogen and oxygen atoms in total. The van der Waals surface area contributed by atoms with Crippen molar-refractivity contribution < 1.29 is 9.50 Å². The monoisotopic (exact) mass is 273 g/mol. The summed E-state index contributed by atoms with van der Waals surface area (Å²) in [4.78, 5) is 0. The van der Waals surface area contributed by atoms with Crippen molar-refractivity contribution in [2.75, 3.05) is 6.54 Å². The van der Waals surface area contributed by atoms with Crippen molar-refractivity contribution in [3.63, 3.8) is 0 Å². The minimum Gasteiger partial charge on any atom is -0.393 e. The molecule has 0 aliphatic heterocycles. The second kappa shape index (κ2) is 3.85. The lowest BCUT2D eigenvalue weighted by molar-refractivity contribution is 0.0204. The zero-order valence-electron chi connectivity index (χ0n) is 8.21. The molecule has 15 heavy (non-hydrogen) atoms. The van der Waals surface area contributed by atoms with E-state index in [4.69, 9.17) is 5.73 Å². The van der Waals surface area contributed by atoms with Crippen LogP contribution in [0.3, 0.4) is 0 Å². The van der Waals surface area contributed by atoms with Gasteiger partial charge in [0.1, 0.15) is 5.82 Å². The first-order valence-electron chi connectivity index (χ1n) is 4.92. The molecule has 2 rings (SSSR count). The van der Waals surface area contributed by atoms with Crippen molar-refractivity contribution in [3.05, 3.63) is 34.1 Å². The summed E-state index contributed by atoms with van der Waals surface area (Å²) in [6.45, 7) is 0.372. The summed E-state index contributed by atoms with van der Waals surface area (Å²) in [5, 5.41) is 9.35. The number of aliphatic hydroxyl groups excluding tert-OH is 1. The number of nitrogens with two attached hydrogens (primary N) is 1. The van der Waals surface area contributed by atoms with Crippen LogP contribution in [0.25, 0.3) is 0 Å². The molecule has 0 spiro atoms. The van der Waals surface area contributed by atoms with Gasteiger partial charge in [-0.2, -0.15) is 0 Å². The zero-order valence-corrected chi connectivity index (χ0v) is 9.80. The maximum atomic E-state index is 13.8. The quantitative estimate of drug-likeness (QED) is 0.865. The Bertz CT molecular complexity index is 377. The van der Waals surface area contributed by atoms with Crippen LogP contribution in [0.15, 0.2) is 22.7 Å². The highest BCUT2D eigenvalue weighted by Crippen LogP contribution is 2.44. The Hall–Kier alpha value is -0.450. The summed E-state index contributed by atoms with van der Waals surface area (Å²) in [5.41, 5.74) is 5.94. The van der Waals surface area contributed by atoms with Crippen molar-refractivity contribution in [3.8, 4) is 0 Å². The average molecular weight is 274 g/mol. The molecule has 1 aliphatic rings. The summed E-state index contributed by atoms with van der Waals surface area (Å²) >= 11 is 3.16. The van der Waals surface area contributed by atoms with Gasteiger partial charge in [0.25, 0.3) is 0 Å². The lowest BCUT2D eigenvalue weighted by Crippen LogP contribution is -2.50. The van der Waals surface area contributed by atoms with Crippen molar-refractivity contribution in [1.29, 1.82) is 0 Å². The predicted octanol–water partition coefficient (Wildman–Crippen LogP) is 1.94. The molecule has 0 unspecified atom stereocenters. The number of benzene rings is 1. The fourth-order valence-corrected chi connectivity index (χ4v) is 2.62. The Morgan fingerprint density at radius 2 is 2.20 bits per heavy atom. The molecular formula is C11H13BrFNO. The molecule has 0 saturated heterocycles. The van der Waals surface area contributed by atoms with Crippen molar-refractivity contribution >= 4 is 15.9 Å². The van der Waals surface area contributed by atoms with E-state index in [1.54, 1.807) is 18.2 Å². The van der Waals surface area contributed by atoms with Gasteiger partial charge in [-0.05, 0) is 40.4 Å². The van der Waals surface area contributed by atoms with Crippen LogP contribution in [0.4, 0.5) is 4.39 Å². The summed E-state index contributed by atoms with van der Waals surface area (Å²) < 4.78 is 14.3. The van der Waals surface area contributed by atoms with E-state index in [-0.39, 0.29) is 17.3 Å². The first-order valence-corrected chi connectivity index (χ1v) is 5.71. The lowest BCUT2D eigenvalue weighted by atomic mass is 9.62. The fraction of sp³-hybridized carbons (Fsp3) is 0.455. The Labute approximate surface area is 96.4 Å². The highest BCUT2D eigenvalue weighted by atomic mass is 79.9. The molecule has 3 N–H and O–H groups in total. The summed E-state index contributed by atoms with van der Waals surface area (Å²) in [5.74, 6) is -0.255. The molecular weight excluding hydrogens is 261 g/mol. The normalized spacial score (nSPS) is 30.0. The lowest BCUT2D eigenvalue weighted by Gasteiger charge is -2.45. The van der Waals surface area contributed by atoms with Gasteiger partial charge in [0.05, 0.1) is 10.6 Å². The van der Waals surface area contributed by atoms with Crippen LogP contribution in [0.1, 0.15) is 18.4 Å². The third kappa shape index (κ3) is 1.71. The maximum Gasteiger partial charge on any atom is 0.141 e. The Balaban J connectivity index is 2.40. The minimum atomic E-state index is -0.368. The molecule has 1 aliphatic carbocycles. The van der Waals surface area contributed by atoms with Gasteiger partial charge < -0.3 is 10.8 Å². The first kappa shape index (κ1) is 11.0. The van der Waals surface area contributed by atoms with Crippen molar-refractivity contribution in [2.24, 2.45) is 5.73 Å². The van der Waals surface area contributed by atoms with Crippen LogP contribution in [-0.2, 0) is 5.41 Å². The maximum absolute atomic E-state index is 13.8. The highest BCUT2D eigenvalue weighted by Gasteiger charge is 2.45. The van der Waals surface area contributed by atoms with E-state index in [2.05, 4.69) is 15.9 Å². The van der Waals surface area contributed by atoms with Gasteiger partial charge in [0.15, 0.2) is 0 Å². The molecule has 1 fully saturated rings. The van der Waals surface area contributed by atoms with Gasteiger partial charge in [0, 0.05) is 12.0 Å². The fourth-order valence-electron chi connectivity index (χ4n) is 2.25. The van der Waals surface area contributed by atoms with E-state index in [1.807, 2.05) is 0 Å². The number of aliphatic hydroxyl groups is 1. The van der Waals surface area contributed by atoms with Crippen LogP contribution >= 0.6 is 15.9 Å². The topological polar surface area (TPSA) is 46.2 Å². The molecule has 0 bridgehead atoms. The third-order valence-corrected chi connectivity index (χ3v) is 3.78. The Morgan fingerprint density at radius 1 is 1.53 bits per heavy atom. The van der Waals surface area contributed by atoms with E-state index in [0.717, 1.165) is 0 Å². The summed E-state index contributed by atoms with van der Waals surface area (Å²) in [6, 6.07) is 5.21. The number of hydrogen-bond donors (Lipinski definition) is 2. The minimum absolute atomic E-state index is 0.255. The van der Waals surface area contributed by atoms with Gasteiger partial charge in [-0.25, -0.2) is 4.39 Å². The molecule has 0 amide bonds. The van der Waals surface area contributed by atoms with Gasteiger partial charge in [-0.3, -0.25) is 0 Å². The molecule has 82 valence electrons. The van der Waals surface area contributed by atoms with E-state index < -0.39 is 0 Å². The van der Waals surface area contributed by atoms with Crippen molar-refractivity contribution in [1.82, 2.24) is 0 Å². The molecule has 0 atom stereocenters. The molecule has 1 saturated carbocycles. The van der Waals surface area contributed by atoms with Crippen LogP contribution in [0.2, 0.25) is 0 Å². The van der Waals surface area contributed by atoms with Gasteiger partial charge in [-0.1, -0.05) is 12.1 Å². The van der Waals surface area contributed by atoms with Crippen LogP contribution in [0, 0.1) is 5.82 Å². The molecule has 0 aromatic heterocycles. The molecule has 4 heteroatoms. The number of rotatable bonds is 2. The van der Waals surface area contributed by atoms with Gasteiger partial charge in [0.2, 0.25) is 0 Å². The second-order valence-corrected chi connectivity index (χ2v) is 5.00. The second-order valence-electron chi connectivity index (χ2n) is 4.15. The van der Waals surface area contributed by atoms with Crippen LogP contribution in [0.5, 0.6) is 0 Å². The SMILES string of the molecule is NCC1(c2cccc(Br)c2F)CC(O)C1. The predicted molar refractivity (Wildman–Crippen MR) is 60.1 cm³/mol. The van der Waals surface area contributed by atoms with E-state index in [9.17, 15) is 9.50 Å².